The van der Waals surface area contributed by atoms with Crippen molar-refractivity contribution < 1.29 is 14.6 Å². The van der Waals surface area contributed by atoms with E-state index in [9.17, 15) is 9.90 Å². The summed E-state index contributed by atoms with van der Waals surface area (Å²) in [7, 11) is 0. The normalized spacial score (nSPS) is 10.6. The van der Waals surface area contributed by atoms with Crippen LogP contribution in [-0.2, 0) is 0 Å². The SMILES string of the molecule is CCOc1cc(/C=N\NC(=O)Nc2cccc(Cl)c2)cc(Br)c1O. The third kappa shape index (κ3) is 5.14. The first-order chi connectivity index (χ1) is 11.5. The molecule has 2 aromatic carbocycles. The quantitative estimate of drug-likeness (QED) is 0.504. The fraction of sp³-hybridized carbons (Fsp3) is 0.125. The zero-order chi connectivity index (χ0) is 17.5. The molecule has 0 radical (unpaired) electrons. The van der Waals surface area contributed by atoms with Gasteiger partial charge in [0.2, 0.25) is 0 Å². The van der Waals surface area contributed by atoms with Crippen molar-refractivity contribution in [3.8, 4) is 11.5 Å². The molecule has 8 heteroatoms. The van der Waals surface area contributed by atoms with Crippen LogP contribution in [0, 0.1) is 0 Å². The van der Waals surface area contributed by atoms with E-state index in [0.717, 1.165) is 0 Å². The molecule has 3 N–H and O–H groups in total. The highest BCUT2D eigenvalue weighted by Gasteiger charge is 2.08. The van der Waals surface area contributed by atoms with Crippen LogP contribution in [0.15, 0.2) is 46.0 Å². The number of phenolic OH excluding ortho intramolecular Hbond substituents is 1. The molecule has 0 aliphatic heterocycles. The van der Waals surface area contributed by atoms with Crippen LogP contribution in [0.25, 0.3) is 0 Å². The number of nitrogens with one attached hydrogen (secondary N) is 2. The number of nitrogens with zero attached hydrogens (tertiary/aromatic N) is 1. The number of halogens is 2. The molecule has 2 amide bonds. The van der Waals surface area contributed by atoms with E-state index >= 15 is 0 Å². The van der Waals surface area contributed by atoms with Crippen molar-refractivity contribution in [1.82, 2.24) is 5.43 Å². The number of amides is 2. The van der Waals surface area contributed by atoms with Crippen LogP contribution in [0.2, 0.25) is 5.02 Å². The number of anilines is 1. The van der Waals surface area contributed by atoms with E-state index in [0.29, 0.717) is 33.1 Å². The minimum atomic E-state index is -0.503. The summed E-state index contributed by atoms with van der Waals surface area (Å²) in [5, 5.41) is 16.8. The Morgan fingerprint density at radius 3 is 2.92 bits per heavy atom. The van der Waals surface area contributed by atoms with E-state index in [1.165, 1.54) is 6.21 Å². The lowest BCUT2D eigenvalue weighted by atomic mass is 10.2. The number of aromatic hydroxyl groups is 1. The van der Waals surface area contributed by atoms with Gasteiger partial charge in [0.15, 0.2) is 11.5 Å². The minimum absolute atomic E-state index is 0.0145. The van der Waals surface area contributed by atoms with E-state index < -0.39 is 6.03 Å². The van der Waals surface area contributed by atoms with Gasteiger partial charge in [-0.25, -0.2) is 10.2 Å². The second-order valence-electron chi connectivity index (χ2n) is 4.62. The summed E-state index contributed by atoms with van der Waals surface area (Å²) in [6.07, 6.45) is 1.43. The van der Waals surface area contributed by atoms with Gasteiger partial charge in [0.25, 0.3) is 0 Å². The van der Waals surface area contributed by atoms with Crippen molar-refractivity contribution >= 4 is 45.5 Å². The van der Waals surface area contributed by atoms with Gasteiger partial charge in [-0.1, -0.05) is 17.7 Å². The maximum absolute atomic E-state index is 11.8. The summed E-state index contributed by atoms with van der Waals surface area (Å²) >= 11 is 9.08. The van der Waals surface area contributed by atoms with Crippen molar-refractivity contribution in [3.63, 3.8) is 0 Å². The summed E-state index contributed by atoms with van der Waals surface area (Å²) in [4.78, 5) is 11.8. The average molecular weight is 413 g/mol. The molecular formula is C16H15BrClN3O3. The van der Waals surface area contributed by atoms with Crippen LogP contribution in [-0.4, -0.2) is 24.0 Å². The number of rotatable bonds is 5. The predicted octanol–water partition coefficient (Wildman–Crippen LogP) is 4.36. The van der Waals surface area contributed by atoms with Crippen LogP contribution in [0.4, 0.5) is 10.5 Å². The number of hydrogen-bond donors (Lipinski definition) is 3. The highest BCUT2D eigenvalue weighted by molar-refractivity contribution is 9.10. The number of hydrazone groups is 1. The summed E-state index contributed by atoms with van der Waals surface area (Å²) in [5.74, 6) is 0.345. The molecule has 2 rings (SSSR count). The third-order valence-electron chi connectivity index (χ3n) is 2.81. The number of benzene rings is 2. The lowest BCUT2D eigenvalue weighted by Gasteiger charge is -2.08. The molecule has 0 spiro atoms. The Bertz CT molecular complexity index is 768. The third-order valence-corrected chi connectivity index (χ3v) is 3.65. The highest BCUT2D eigenvalue weighted by atomic mass is 79.9. The summed E-state index contributed by atoms with van der Waals surface area (Å²) in [5.41, 5.74) is 3.54. The largest absolute Gasteiger partial charge is 0.503 e. The van der Waals surface area contributed by atoms with Crippen molar-refractivity contribution in [2.45, 2.75) is 6.92 Å². The number of urea groups is 1. The highest BCUT2D eigenvalue weighted by Crippen LogP contribution is 2.35. The van der Waals surface area contributed by atoms with Gasteiger partial charge in [-0.15, -0.1) is 0 Å². The molecular weight excluding hydrogens is 398 g/mol. The summed E-state index contributed by atoms with van der Waals surface area (Å²) < 4.78 is 5.79. The van der Waals surface area contributed by atoms with Gasteiger partial charge in [-0.3, -0.25) is 0 Å². The molecule has 0 aliphatic rings. The molecule has 0 bridgehead atoms. The van der Waals surface area contributed by atoms with E-state index in [-0.39, 0.29) is 5.75 Å². The molecule has 0 saturated heterocycles. The first-order valence-corrected chi connectivity index (χ1v) is 8.17. The number of phenols is 1. The molecule has 0 fully saturated rings. The molecule has 6 nitrogen and oxygen atoms in total. The molecule has 2 aromatic rings. The first-order valence-electron chi connectivity index (χ1n) is 7.00. The van der Waals surface area contributed by atoms with Gasteiger partial charge in [0.1, 0.15) is 0 Å². The molecule has 126 valence electrons. The Morgan fingerprint density at radius 1 is 1.42 bits per heavy atom. The summed E-state index contributed by atoms with van der Waals surface area (Å²) in [6, 6.07) is 9.53. The lowest BCUT2D eigenvalue weighted by molar-refractivity contribution is 0.252. The first kappa shape index (κ1) is 18.1. The zero-order valence-electron chi connectivity index (χ0n) is 12.7. The number of carbonyl (C=O) groups is 1. The van der Waals surface area contributed by atoms with Crippen molar-refractivity contribution in [3.05, 3.63) is 51.5 Å². The Morgan fingerprint density at radius 2 is 2.21 bits per heavy atom. The van der Waals surface area contributed by atoms with Gasteiger partial charge >= 0.3 is 6.03 Å². The molecule has 24 heavy (non-hydrogen) atoms. The maximum atomic E-state index is 11.8. The second kappa shape index (κ2) is 8.56. The van der Waals surface area contributed by atoms with Crippen LogP contribution >= 0.6 is 27.5 Å². The lowest BCUT2D eigenvalue weighted by Crippen LogP contribution is -2.24. The smallest absolute Gasteiger partial charge is 0.339 e. The average Bonchev–Trinajstić information content (AvgIpc) is 2.52. The summed E-state index contributed by atoms with van der Waals surface area (Å²) in [6.45, 7) is 2.23. The van der Waals surface area contributed by atoms with Gasteiger partial charge in [0, 0.05) is 10.7 Å². The predicted molar refractivity (Wildman–Crippen MR) is 98.2 cm³/mol. The van der Waals surface area contributed by atoms with Gasteiger partial charge in [-0.2, -0.15) is 5.10 Å². The molecule has 0 saturated carbocycles. The van der Waals surface area contributed by atoms with E-state index in [1.54, 1.807) is 36.4 Å². The number of ether oxygens (including phenoxy) is 1. The van der Waals surface area contributed by atoms with Crippen molar-refractivity contribution in [1.29, 1.82) is 0 Å². The van der Waals surface area contributed by atoms with Gasteiger partial charge < -0.3 is 15.2 Å². The topological polar surface area (TPSA) is 83.0 Å². The minimum Gasteiger partial charge on any atom is -0.503 e. The van der Waals surface area contributed by atoms with E-state index in [4.69, 9.17) is 16.3 Å². The zero-order valence-corrected chi connectivity index (χ0v) is 15.1. The standard InChI is InChI=1S/C16H15BrClN3O3/c1-2-24-14-7-10(6-13(17)15(14)22)9-19-21-16(23)20-12-5-3-4-11(18)8-12/h3-9,22H,2H2,1H3,(H2,20,21,23)/b19-9-. The van der Waals surface area contributed by atoms with E-state index in [1.807, 2.05) is 6.92 Å². The van der Waals surface area contributed by atoms with Crippen LogP contribution < -0.4 is 15.5 Å². The van der Waals surface area contributed by atoms with Gasteiger partial charge in [-0.05, 0) is 58.7 Å². The molecule has 0 aromatic heterocycles. The fourth-order valence-corrected chi connectivity index (χ4v) is 2.47. The Kier molecular flexibility index (Phi) is 6.45. The van der Waals surface area contributed by atoms with Crippen LogP contribution in [0.3, 0.4) is 0 Å². The Hall–Kier alpha value is -2.25. The van der Waals surface area contributed by atoms with Gasteiger partial charge in [0.05, 0.1) is 17.3 Å². The molecule has 0 atom stereocenters. The van der Waals surface area contributed by atoms with Crippen molar-refractivity contribution in [2.24, 2.45) is 5.10 Å². The van der Waals surface area contributed by atoms with E-state index in [2.05, 4.69) is 31.8 Å². The Labute approximate surface area is 152 Å². The Balaban J connectivity index is 1.99. The molecule has 0 unspecified atom stereocenters. The number of carbonyl (C=O) groups excluding carboxylic acids is 1. The maximum Gasteiger partial charge on any atom is 0.339 e. The van der Waals surface area contributed by atoms with Crippen LogP contribution in [0.5, 0.6) is 11.5 Å². The monoisotopic (exact) mass is 411 g/mol. The molecule has 0 heterocycles. The van der Waals surface area contributed by atoms with Crippen LogP contribution in [0.1, 0.15) is 12.5 Å². The molecule has 0 aliphatic carbocycles. The second-order valence-corrected chi connectivity index (χ2v) is 5.91. The fourth-order valence-electron chi connectivity index (χ4n) is 1.82. The van der Waals surface area contributed by atoms with Crippen molar-refractivity contribution in [2.75, 3.05) is 11.9 Å². The number of hydrogen-bond acceptors (Lipinski definition) is 4.